The van der Waals surface area contributed by atoms with Crippen LogP contribution in [0.2, 0.25) is 0 Å². The molecule has 1 N–H and O–H groups in total. The van der Waals surface area contributed by atoms with Gasteiger partial charge in [-0.2, -0.15) is 0 Å². The number of imide groups is 1. The van der Waals surface area contributed by atoms with E-state index >= 15 is 0 Å². The summed E-state index contributed by atoms with van der Waals surface area (Å²) < 4.78 is 5.31. The van der Waals surface area contributed by atoms with Gasteiger partial charge in [0.25, 0.3) is 5.91 Å². The first-order chi connectivity index (χ1) is 16.5. The van der Waals surface area contributed by atoms with Crippen LogP contribution in [0.4, 0.5) is 10.5 Å². The molecule has 0 spiro atoms. The van der Waals surface area contributed by atoms with Crippen molar-refractivity contribution in [3.63, 3.8) is 0 Å². The lowest BCUT2D eigenvalue weighted by Gasteiger charge is -2.31. The van der Waals surface area contributed by atoms with Gasteiger partial charge in [0.15, 0.2) is 5.54 Å². The first-order valence-electron chi connectivity index (χ1n) is 11.3. The van der Waals surface area contributed by atoms with Crippen molar-refractivity contribution >= 4 is 23.5 Å². The SMILES string of the molecule is COc1ccc2c(c1)CCCN2C(=O)CN1C(=O)NC(c2ccccc2)(c2ccccc2)C1=O. The van der Waals surface area contributed by atoms with Crippen LogP contribution in [0, 0.1) is 0 Å². The van der Waals surface area contributed by atoms with Crippen molar-refractivity contribution in [3.8, 4) is 5.75 Å². The summed E-state index contributed by atoms with van der Waals surface area (Å²) in [5, 5.41) is 2.89. The van der Waals surface area contributed by atoms with Crippen LogP contribution in [0.1, 0.15) is 23.1 Å². The molecule has 0 bridgehead atoms. The number of ether oxygens (including phenoxy) is 1. The van der Waals surface area contributed by atoms with Crippen molar-refractivity contribution < 1.29 is 19.1 Å². The van der Waals surface area contributed by atoms with Gasteiger partial charge in [-0.3, -0.25) is 14.5 Å². The predicted molar refractivity (Wildman–Crippen MR) is 128 cm³/mol. The Morgan fingerprint density at radius 3 is 2.24 bits per heavy atom. The van der Waals surface area contributed by atoms with Crippen LogP contribution in [-0.4, -0.2) is 42.9 Å². The Morgan fingerprint density at radius 2 is 1.62 bits per heavy atom. The van der Waals surface area contributed by atoms with Crippen LogP contribution in [-0.2, 0) is 21.5 Å². The Hall–Kier alpha value is -4.13. The van der Waals surface area contributed by atoms with Crippen LogP contribution < -0.4 is 15.0 Å². The third-order valence-electron chi connectivity index (χ3n) is 6.52. The van der Waals surface area contributed by atoms with E-state index in [0.29, 0.717) is 17.7 Å². The molecule has 3 aromatic rings. The highest BCUT2D eigenvalue weighted by molar-refractivity contribution is 6.12. The molecule has 0 aromatic heterocycles. The van der Waals surface area contributed by atoms with E-state index < -0.39 is 17.5 Å². The molecule has 4 amide bonds. The Morgan fingerprint density at radius 1 is 0.971 bits per heavy atom. The minimum absolute atomic E-state index is 0.299. The lowest BCUT2D eigenvalue weighted by molar-refractivity contribution is -0.133. The predicted octanol–water partition coefficient (Wildman–Crippen LogP) is 3.47. The average Bonchev–Trinajstić information content (AvgIpc) is 3.14. The van der Waals surface area contributed by atoms with E-state index in [1.165, 1.54) is 0 Å². The molecule has 0 unspecified atom stereocenters. The largest absolute Gasteiger partial charge is 0.497 e. The molecule has 1 fully saturated rings. The number of carbonyl (C=O) groups excluding carboxylic acids is 3. The second kappa shape index (κ2) is 8.67. The quantitative estimate of drug-likeness (QED) is 0.598. The van der Waals surface area contributed by atoms with Gasteiger partial charge in [0, 0.05) is 12.2 Å². The molecular formula is C27H25N3O4. The summed E-state index contributed by atoms with van der Waals surface area (Å²) in [5.41, 5.74) is 1.71. The number of fused-ring (bicyclic) bond motifs is 1. The molecule has 7 heteroatoms. The summed E-state index contributed by atoms with van der Waals surface area (Å²) in [6.07, 6.45) is 1.63. The smallest absolute Gasteiger partial charge is 0.326 e. The fraction of sp³-hybridized carbons (Fsp3) is 0.222. The number of carbonyl (C=O) groups is 3. The van der Waals surface area contributed by atoms with Gasteiger partial charge in [0.1, 0.15) is 12.3 Å². The highest BCUT2D eigenvalue weighted by Gasteiger charge is 2.54. The van der Waals surface area contributed by atoms with E-state index in [9.17, 15) is 14.4 Å². The van der Waals surface area contributed by atoms with Crippen molar-refractivity contribution in [1.82, 2.24) is 10.2 Å². The summed E-state index contributed by atoms with van der Waals surface area (Å²) in [6, 6.07) is 23.3. The molecule has 0 saturated carbocycles. The molecule has 172 valence electrons. The molecule has 1 saturated heterocycles. The number of methoxy groups -OCH3 is 1. The molecule has 3 aromatic carbocycles. The molecule has 2 aliphatic heterocycles. The van der Waals surface area contributed by atoms with Crippen LogP contribution in [0.15, 0.2) is 78.9 Å². The minimum atomic E-state index is -1.38. The molecule has 0 aliphatic carbocycles. The number of amides is 4. The number of nitrogens with zero attached hydrogens (tertiary/aromatic N) is 2. The van der Waals surface area contributed by atoms with Crippen molar-refractivity contribution in [3.05, 3.63) is 95.6 Å². The number of hydrogen-bond donors (Lipinski definition) is 1. The second-order valence-corrected chi connectivity index (χ2v) is 8.45. The van der Waals surface area contributed by atoms with E-state index in [4.69, 9.17) is 4.74 Å². The minimum Gasteiger partial charge on any atom is -0.497 e. The van der Waals surface area contributed by atoms with Crippen LogP contribution in [0.5, 0.6) is 5.75 Å². The zero-order valence-electron chi connectivity index (χ0n) is 18.9. The van der Waals surface area contributed by atoms with Gasteiger partial charge < -0.3 is 15.0 Å². The van der Waals surface area contributed by atoms with Gasteiger partial charge in [0.05, 0.1) is 7.11 Å². The van der Waals surface area contributed by atoms with E-state index in [0.717, 1.165) is 34.7 Å². The van der Waals surface area contributed by atoms with Crippen molar-refractivity contribution in [2.45, 2.75) is 18.4 Å². The lowest BCUT2D eigenvalue weighted by Crippen LogP contribution is -2.47. The fourth-order valence-corrected chi connectivity index (χ4v) is 4.83. The molecular weight excluding hydrogens is 430 g/mol. The van der Waals surface area contributed by atoms with Crippen molar-refractivity contribution in [1.29, 1.82) is 0 Å². The normalized spacial score (nSPS) is 16.7. The maximum Gasteiger partial charge on any atom is 0.326 e. The topological polar surface area (TPSA) is 79.0 Å². The monoisotopic (exact) mass is 455 g/mol. The van der Waals surface area contributed by atoms with Crippen molar-refractivity contribution in [2.75, 3.05) is 25.1 Å². The van der Waals surface area contributed by atoms with Crippen LogP contribution in [0.3, 0.4) is 0 Å². The highest BCUT2D eigenvalue weighted by atomic mass is 16.5. The Balaban J connectivity index is 1.47. The van der Waals surface area contributed by atoms with Gasteiger partial charge in [-0.05, 0) is 47.7 Å². The van der Waals surface area contributed by atoms with Crippen LogP contribution >= 0.6 is 0 Å². The van der Waals surface area contributed by atoms with E-state index in [1.54, 1.807) is 12.0 Å². The van der Waals surface area contributed by atoms with E-state index in [1.807, 2.05) is 78.9 Å². The van der Waals surface area contributed by atoms with Gasteiger partial charge in [-0.15, -0.1) is 0 Å². The number of hydrogen-bond acceptors (Lipinski definition) is 4. The lowest BCUT2D eigenvalue weighted by atomic mass is 9.82. The average molecular weight is 456 g/mol. The summed E-state index contributed by atoms with van der Waals surface area (Å²) in [7, 11) is 1.61. The number of benzene rings is 3. The van der Waals surface area contributed by atoms with Gasteiger partial charge >= 0.3 is 6.03 Å². The molecule has 2 aliphatic rings. The molecule has 0 atom stereocenters. The Bertz CT molecular complexity index is 1200. The standard InChI is InChI=1S/C27H25N3O4/c1-34-22-14-15-23-19(17-22)9-8-16-29(23)24(31)18-30-25(32)27(28-26(30)33,20-10-4-2-5-11-20)21-12-6-3-7-13-21/h2-7,10-15,17H,8-9,16,18H2,1H3,(H,28,33). The fourth-order valence-electron chi connectivity index (χ4n) is 4.83. The summed E-state index contributed by atoms with van der Waals surface area (Å²) in [5.74, 6) is -0.0283. The molecule has 34 heavy (non-hydrogen) atoms. The zero-order chi connectivity index (χ0) is 23.7. The van der Waals surface area contributed by atoms with Gasteiger partial charge in [-0.1, -0.05) is 60.7 Å². The third kappa shape index (κ3) is 3.50. The van der Waals surface area contributed by atoms with E-state index in [-0.39, 0.29) is 12.5 Å². The second-order valence-electron chi connectivity index (χ2n) is 8.45. The zero-order valence-corrected chi connectivity index (χ0v) is 18.9. The summed E-state index contributed by atoms with van der Waals surface area (Å²) >= 11 is 0. The van der Waals surface area contributed by atoms with Crippen LogP contribution in [0.25, 0.3) is 0 Å². The maximum absolute atomic E-state index is 13.8. The molecule has 5 rings (SSSR count). The first kappa shape index (κ1) is 21.7. The van der Waals surface area contributed by atoms with E-state index in [2.05, 4.69) is 5.32 Å². The number of nitrogens with one attached hydrogen (secondary N) is 1. The number of aryl methyl sites for hydroxylation is 1. The first-order valence-corrected chi connectivity index (χ1v) is 11.3. The Kier molecular flexibility index (Phi) is 5.53. The summed E-state index contributed by atoms with van der Waals surface area (Å²) in [6.45, 7) is 0.196. The number of rotatable bonds is 5. The van der Waals surface area contributed by atoms with Gasteiger partial charge in [-0.25, -0.2) is 4.79 Å². The molecule has 2 heterocycles. The summed E-state index contributed by atoms with van der Waals surface area (Å²) in [4.78, 5) is 43.0. The number of urea groups is 1. The highest BCUT2D eigenvalue weighted by Crippen LogP contribution is 2.36. The third-order valence-corrected chi connectivity index (χ3v) is 6.52. The van der Waals surface area contributed by atoms with Crippen molar-refractivity contribution in [2.24, 2.45) is 0 Å². The molecule has 0 radical (unpaired) electrons. The Labute approximate surface area is 197 Å². The van der Waals surface area contributed by atoms with Gasteiger partial charge in [0.2, 0.25) is 5.91 Å². The maximum atomic E-state index is 13.8. The molecule has 7 nitrogen and oxygen atoms in total. The number of anilines is 1.